The van der Waals surface area contributed by atoms with Crippen molar-refractivity contribution in [2.24, 2.45) is 0 Å². The molecule has 2 N–H and O–H groups in total. The average Bonchev–Trinajstić information content (AvgIpc) is 2.78. The van der Waals surface area contributed by atoms with Crippen LogP contribution in [0.5, 0.6) is 0 Å². The molecule has 0 aliphatic heterocycles. The summed E-state index contributed by atoms with van der Waals surface area (Å²) in [6.45, 7) is 0. The molecule has 0 bridgehead atoms. The number of rotatable bonds is 2. The summed E-state index contributed by atoms with van der Waals surface area (Å²) in [4.78, 5) is 11.9. The fraction of sp³-hybridized carbons (Fsp3) is 0. The highest BCUT2D eigenvalue weighted by Gasteiger charge is 2.09. The molecule has 4 aromatic rings. The van der Waals surface area contributed by atoms with Crippen LogP contribution in [-0.4, -0.2) is 32.1 Å². The van der Waals surface area contributed by atoms with Crippen LogP contribution in [0.25, 0.3) is 11.3 Å². The highest BCUT2D eigenvalue weighted by Crippen LogP contribution is 2.17. The largest absolute Gasteiger partial charge is 0.508 e. The normalized spacial score (nSPS) is 9.50. The lowest BCUT2D eigenvalue weighted by Gasteiger charge is -1.99. The summed E-state index contributed by atoms with van der Waals surface area (Å²) in [6.07, 6.45) is 5.06. The van der Waals surface area contributed by atoms with Gasteiger partial charge in [-0.05, 0) is 84.2 Å². The lowest BCUT2D eigenvalue weighted by Crippen LogP contribution is -2.31. The molecule has 4 rings (SSSR count). The van der Waals surface area contributed by atoms with Crippen LogP contribution < -0.4 is 5.59 Å². The first-order chi connectivity index (χ1) is 14.5. The minimum absolute atomic E-state index is 0.275. The van der Waals surface area contributed by atoms with Crippen LogP contribution in [0, 0.1) is 0 Å². The lowest BCUT2D eigenvalue weighted by atomic mass is 9.86. The first-order valence-electron chi connectivity index (χ1n) is 8.67. The van der Waals surface area contributed by atoms with Gasteiger partial charge in [-0.15, -0.1) is 0 Å². The molecule has 3 heterocycles. The van der Waals surface area contributed by atoms with Crippen molar-refractivity contribution >= 4 is 60.5 Å². The molecule has 30 heavy (non-hydrogen) atoms. The summed E-state index contributed by atoms with van der Waals surface area (Å²) in [5.74, 6) is 0. The van der Waals surface area contributed by atoms with Crippen molar-refractivity contribution in [1.82, 2.24) is 15.0 Å². The van der Waals surface area contributed by atoms with Crippen molar-refractivity contribution in [2.45, 2.75) is 0 Å². The third-order valence-electron chi connectivity index (χ3n) is 3.44. The zero-order valence-corrected chi connectivity index (χ0v) is 20.4. The Morgan fingerprint density at radius 1 is 0.633 bits per heavy atom. The molecular weight excluding hydrogens is 577 g/mol. The summed E-state index contributed by atoms with van der Waals surface area (Å²) in [7, 11) is -1.45. The van der Waals surface area contributed by atoms with Crippen molar-refractivity contribution in [1.29, 1.82) is 0 Å². The molecule has 9 heteroatoms. The Kier molecular flexibility index (Phi) is 10.9. The third-order valence-corrected chi connectivity index (χ3v) is 4.85. The monoisotopic (exact) mass is 591 g/mol. The summed E-state index contributed by atoms with van der Waals surface area (Å²) in [5, 5.41) is 17.0. The van der Waals surface area contributed by atoms with Crippen LogP contribution in [0.4, 0.5) is 0 Å². The molecule has 0 unspecified atom stereocenters. The maximum Gasteiger partial charge on any atom is 0.508 e. The Labute approximate surface area is 200 Å². The maximum absolute atomic E-state index is 8.52. The van der Waals surface area contributed by atoms with E-state index >= 15 is 0 Å². The summed E-state index contributed by atoms with van der Waals surface area (Å²) < 4.78 is 2.87. The van der Waals surface area contributed by atoms with E-state index in [4.69, 9.17) is 10.0 Å². The summed E-state index contributed by atoms with van der Waals surface area (Å²) in [6, 6.07) is 22.9. The predicted molar refractivity (Wildman–Crippen MR) is 131 cm³/mol. The smallest absolute Gasteiger partial charge is 0.422 e. The van der Waals surface area contributed by atoms with Crippen LogP contribution in [0.1, 0.15) is 0 Å². The number of pyridine rings is 3. The standard InChI is InChI=1S/C11H8BrN.C5H6BNO2.C5H3Br2N/c12-10-6-7-11(13-8-10)9-4-2-1-3-5-9;8-6(9)5-3-1-2-4-7-5;6-4-1-2-5(7)8-3-4/h1-8H;1-4,8-9H;1-3H. The van der Waals surface area contributed by atoms with E-state index in [2.05, 4.69) is 74.9 Å². The van der Waals surface area contributed by atoms with Gasteiger partial charge in [-0.3, -0.25) is 9.97 Å². The second-order valence-electron chi connectivity index (χ2n) is 5.66. The maximum atomic E-state index is 8.52. The molecule has 0 aliphatic carbocycles. The highest BCUT2D eigenvalue weighted by molar-refractivity contribution is 9.11. The number of nitrogens with zero attached hydrogens (tertiary/aromatic N) is 3. The van der Waals surface area contributed by atoms with Gasteiger partial charge < -0.3 is 10.0 Å². The Bertz CT molecular complexity index is 970. The van der Waals surface area contributed by atoms with Gasteiger partial charge in [0.1, 0.15) is 4.60 Å². The van der Waals surface area contributed by atoms with E-state index in [1.807, 2.05) is 48.7 Å². The summed E-state index contributed by atoms with van der Waals surface area (Å²) in [5.41, 5.74) is 2.43. The van der Waals surface area contributed by atoms with Crippen LogP contribution in [-0.2, 0) is 0 Å². The second-order valence-corrected chi connectivity index (χ2v) is 8.30. The molecule has 152 valence electrons. The van der Waals surface area contributed by atoms with Crippen molar-refractivity contribution in [3.8, 4) is 11.3 Å². The SMILES string of the molecule is Brc1ccc(-c2ccccc2)nc1.Brc1ccc(Br)nc1.OB(O)c1ccccn1. The van der Waals surface area contributed by atoms with Crippen molar-refractivity contribution in [3.63, 3.8) is 0 Å². The number of benzene rings is 1. The molecule has 5 nitrogen and oxygen atoms in total. The first kappa shape index (κ1) is 24.4. The van der Waals surface area contributed by atoms with E-state index in [0.29, 0.717) is 0 Å². The zero-order chi connectivity index (χ0) is 21.8. The number of hydrogen-bond acceptors (Lipinski definition) is 5. The molecule has 0 atom stereocenters. The van der Waals surface area contributed by atoms with Gasteiger partial charge in [-0.1, -0.05) is 36.4 Å². The minimum Gasteiger partial charge on any atom is -0.422 e. The van der Waals surface area contributed by atoms with E-state index in [0.717, 1.165) is 24.8 Å². The predicted octanol–water partition coefficient (Wildman–Crippen LogP) is 4.88. The zero-order valence-electron chi connectivity index (χ0n) is 15.6. The average molecular weight is 594 g/mol. The van der Waals surface area contributed by atoms with Gasteiger partial charge in [0.25, 0.3) is 0 Å². The molecule has 0 amide bonds. The van der Waals surface area contributed by atoms with Crippen molar-refractivity contribution in [2.75, 3.05) is 0 Å². The Morgan fingerprint density at radius 2 is 1.27 bits per heavy atom. The molecular formula is C21H17BBr3N3O2. The van der Waals surface area contributed by atoms with E-state index in [9.17, 15) is 0 Å². The van der Waals surface area contributed by atoms with Gasteiger partial charge in [-0.25, -0.2) is 4.98 Å². The number of aromatic nitrogens is 3. The van der Waals surface area contributed by atoms with Gasteiger partial charge >= 0.3 is 7.12 Å². The van der Waals surface area contributed by atoms with Crippen LogP contribution in [0.3, 0.4) is 0 Å². The number of hydrogen-bond donors (Lipinski definition) is 2. The first-order valence-corrected chi connectivity index (χ1v) is 11.0. The van der Waals surface area contributed by atoms with Gasteiger partial charge in [0.05, 0.1) is 11.3 Å². The quantitative estimate of drug-likeness (QED) is 0.256. The fourth-order valence-electron chi connectivity index (χ4n) is 2.04. The van der Waals surface area contributed by atoms with Crippen molar-refractivity contribution < 1.29 is 10.0 Å². The summed E-state index contributed by atoms with van der Waals surface area (Å²) >= 11 is 9.83. The molecule has 0 radical (unpaired) electrons. The van der Waals surface area contributed by atoms with Crippen LogP contribution >= 0.6 is 47.8 Å². The van der Waals surface area contributed by atoms with E-state index in [1.165, 1.54) is 6.20 Å². The molecule has 0 saturated carbocycles. The lowest BCUT2D eigenvalue weighted by molar-refractivity contribution is 0.424. The topological polar surface area (TPSA) is 79.1 Å². The molecule has 0 saturated heterocycles. The second kappa shape index (κ2) is 13.4. The Hall–Kier alpha value is -1.91. The molecule has 3 aromatic heterocycles. The Morgan fingerprint density at radius 3 is 1.70 bits per heavy atom. The Balaban J connectivity index is 0.000000167. The molecule has 0 spiro atoms. The van der Waals surface area contributed by atoms with E-state index in [1.54, 1.807) is 24.4 Å². The van der Waals surface area contributed by atoms with Gasteiger partial charge in [0.15, 0.2) is 0 Å². The van der Waals surface area contributed by atoms with Crippen molar-refractivity contribution in [3.05, 3.63) is 105 Å². The molecule has 0 aliphatic rings. The highest BCUT2D eigenvalue weighted by atomic mass is 79.9. The minimum atomic E-state index is -1.45. The third kappa shape index (κ3) is 9.27. The van der Waals surface area contributed by atoms with Gasteiger partial charge in [0, 0.05) is 33.1 Å². The molecule has 1 aromatic carbocycles. The van der Waals surface area contributed by atoms with Crippen LogP contribution in [0.2, 0.25) is 0 Å². The fourth-order valence-corrected chi connectivity index (χ4v) is 2.75. The van der Waals surface area contributed by atoms with E-state index < -0.39 is 7.12 Å². The molecule has 0 fully saturated rings. The number of halogens is 3. The van der Waals surface area contributed by atoms with Crippen LogP contribution in [0.15, 0.2) is 105 Å². The van der Waals surface area contributed by atoms with E-state index in [-0.39, 0.29) is 5.59 Å². The van der Waals surface area contributed by atoms with Gasteiger partial charge in [-0.2, -0.15) is 0 Å². The van der Waals surface area contributed by atoms with Gasteiger partial charge in [0.2, 0.25) is 0 Å².